The van der Waals surface area contributed by atoms with Gasteiger partial charge in [-0.1, -0.05) is 6.42 Å². The normalized spacial score (nSPS) is 19.2. The number of ether oxygens (including phenoxy) is 1. The number of rotatable bonds is 4. The predicted molar refractivity (Wildman–Crippen MR) is 54.8 cm³/mol. The number of nitrogens with zero attached hydrogens (tertiary/aromatic N) is 2. The summed E-state index contributed by atoms with van der Waals surface area (Å²) in [5.41, 5.74) is 5.88. The zero-order chi connectivity index (χ0) is 10.0. The SMILES string of the molecule is COCC1(Cn2ccc(N)n2)CCC1. The lowest BCUT2D eigenvalue weighted by Crippen LogP contribution is -2.38. The summed E-state index contributed by atoms with van der Waals surface area (Å²) < 4.78 is 7.18. The topological polar surface area (TPSA) is 53.1 Å². The van der Waals surface area contributed by atoms with Gasteiger partial charge in [-0.15, -0.1) is 0 Å². The number of aromatic nitrogens is 2. The fraction of sp³-hybridized carbons (Fsp3) is 0.700. The van der Waals surface area contributed by atoms with Crippen LogP contribution in [0.15, 0.2) is 12.3 Å². The summed E-state index contributed by atoms with van der Waals surface area (Å²) in [4.78, 5) is 0. The van der Waals surface area contributed by atoms with Gasteiger partial charge in [0.1, 0.15) is 5.82 Å². The first kappa shape index (κ1) is 9.52. The van der Waals surface area contributed by atoms with Crippen LogP contribution >= 0.6 is 0 Å². The smallest absolute Gasteiger partial charge is 0.145 e. The van der Waals surface area contributed by atoms with Crippen molar-refractivity contribution >= 4 is 5.82 Å². The van der Waals surface area contributed by atoms with Crippen LogP contribution < -0.4 is 5.73 Å². The second-order valence-electron chi connectivity index (χ2n) is 4.22. The second-order valence-corrected chi connectivity index (χ2v) is 4.22. The van der Waals surface area contributed by atoms with Gasteiger partial charge in [-0.3, -0.25) is 4.68 Å². The van der Waals surface area contributed by atoms with E-state index in [0.717, 1.165) is 13.2 Å². The van der Waals surface area contributed by atoms with Crippen LogP contribution in [0.25, 0.3) is 0 Å². The molecule has 0 atom stereocenters. The van der Waals surface area contributed by atoms with Crippen molar-refractivity contribution in [2.24, 2.45) is 5.41 Å². The van der Waals surface area contributed by atoms with E-state index in [1.54, 1.807) is 7.11 Å². The van der Waals surface area contributed by atoms with Gasteiger partial charge in [0.15, 0.2) is 0 Å². The van der Waals surface area contributed by atoms with Crippen LogP contribution in [-0.4, -0.2) is 23.5 Å². The van der Waals surface area contributed by atoms with Crippen LogP contribution in [0.2, 0.25) is 0 Å². The lowest BCUT2D eigenvalue weighted by molar-refractivity contribution is 0.000789. The summed E-state index contributed by atoms with van der Waals surface area (Å²) in [5, 5.41) is 4.20. The molecule has 1 saturated carbocycles. The molecule has 0 saturated heterocycles. The Bertz CT molecular complexity index is 304. The molecule has 4 heteroatoms. The summed E-state index contributed by atoms with van der Waals surface area (Å²) in [6, 6.07) is 1.83. The first-order chi connectivity index (χ1) is 6.74. The average Bonchev–Trinajstić information content (AvgIpc) is 2.48. The van der Waals surface area contributed by atoms with Crippen LogP contribution in [0, 0.1) is 5.41 Å². The maximum absolute atomic E-state index is 5.57. The Labute approximate surface area is 84.0 Å². The standard InChI is InChI=1S/C10H17N3O/c1-14-8-10(4-2-5-10)7-13-6-3-9(11)12-13/h3,6H,2,4-5,7-8H2,1H3,(H2,11,12). The molecule has 0 bridgehead atoms. The van der Waals surface area contributed by atoms with Crippen molar-refractivity contribution in [3.63, 3.8) is 0 Å². The largest absolute Gasteiger partial charge is 0.384 e. The zero-order valence-corrected chi connectivity index (χ0v) is 8.57. The lowest BCUT2D eigenvalue weighted by Gasteiger charge is -2.41. The molecule has 0 unspecified atom stereocenters. The molecule has 1 fully saturated rings. The molecule has 1 heterocycles. The fourth-order valence-corrected chi connectivity index (χ4v) is 2.14. The van der Waals surface area contributed by atoms with E-state index in [1.165, 1.54) is 19.3 Å². The fourth-order valence-electron chi connectivity index (χ4n) is 2.14. The highest BCUT2D eigenvalue weighted by Gasteiger charge is 2.37. The number of anilines is 1. The molecule has 0 amide bonds. The third-order valence-corrected chi connectivity index (χ3v) is 3.02. The molecule has 0 aromatic carbocycles. The summed E-state index contributed by atoms with van der Waals surface area (Å²) >= 11 is 0. The number of hydrogen-bond donors (Lipinski definition) is 1. The van der Waals surface area contributed by atoms with E-state index in [0.29, 0.717) is 11.2 Å². The van der Waals surface area contributed by atoms with Gasteiger partial charge in [-0.05, 0) is 18.9 Å². The van der Waals surface area contributed by atoms with Crippen molar-refractivity contribution in [3.8, 4) is 0 Å². The van der Waals surface area contributed by atoms with Gasteiger partial charge in [0.05, 0.1) is 6.61 Å². The van der Waals surface area contributed by atoms with Crippen molar-refractivity contribution in [3.05, 3.63) is 12.3 Å². The Kier molecular flexibility index (Phi) is 2.46. The highest BCUT2D eigenvalue weighted by molar-refractivity contribution is 5.23. The summed E-state index contributed by atoms with van der Waals surface area (Å²) in [6.07, 6.45) is 5.71. The minimum Gasteiger partial charge on any atom is -0.384 e. The molecule has 0 radical (unpaired) electrons. The zero-order valence-electron chi connectivity index (χ0n) is 8.57. The van der Waals surface area contributed by atoms with E-state index in [2.05, 4.69) is 5.10 Å². The first-order valence-electron chi connectivity index (χ1n) is 5.02. The van der Waals surface area contributed by atoms with Gasteiger partial charge < -0.3 is 10.5 Å². The average molecular weight is 195 g/mol. The molecule has 0 aliphatic heterocycles. The molecule has 2 N–H and O–H groups in total. The molecule has 2 rings (SSSR count). The monoisotopic (exact) mass is 195 g/mol. The molecule has 78 valence electrons. The predicted octanol–water partition coefficient (Wildman–Crippen LogP) is 1.28. The van der Waals surface area contributed by atoms with Gasteiger partial charge in [-0.25, -0.2) is 0 Å². The highest BCUT2D eigenvalue weighted by Crippen LogP contribution is 2.42. The third-order valence-electron chi connectivity index (χ3n) is 3.02. The van der Waals surface area contributed by atoms with Crippen molar-refractivity contribution < 1.29 is 4.74 Å². The molecule has 1 aliphatic carbocycles. The summed E-state index contributed by atoms with van der Waals surface area (Å²) in [5.74, 6) is 0.594. The van der Waals surface area contributed by atoms with Crippen LogP contribution in [0.5, 0.6) is 0 Å². The van der Waals surface area contributed by atoms with Crippen molar-refractivity contribution in [2.75, 3.05) is 19.5 Å². The quantitative estimate of drug-likeness (QED) is 0.787. The maximum Gasteiger partial charge on any atom is 0.145 e. The second kappa shape index (κ2) is 3.61. The van der Waals surface area contributed by atoms with Crippen LogP contribution in [0.3, 0.4) is 0 Å². The van der Waals surface area contributed by atoms with E-state index >= 15 is 0 Å². The van der Waals surface area contributed by atoms with Gasteiger partial charge >= 0.3 is 0 Å². The van der Waals surface area contributed by atoms with E-state index in [-0.39, 0.29) is 0 Å². The van der Waals surface area contributed by atoms with Gasteiger partial charge in [0.25, 0.3) is 0 Å². The molecular formula is C10H17N3O. The van der Waals surface area contributed by atoms with Crippen molar-refractivity contribution in [2.45, 2.75) is 25.8 Å². The third kappa shape index (κ3) is 1.75. The van der Waals surface area contributed by atoms with Gasteiger partial charge in [0.2, 0.25) is 0 Å². The lowest BCUT2D eigenvalue weighted by atomic mass is 9.69. The Morgan fingerprint density at radius 2 is 2.43 bits per heavy atom. The van der Waals surface area contributed by atoms with Gasteiger partial charge in [0, 0.05) is 25.3 Å². The molecule has 0 spiro atoms. The highest BCUT2D eigenvalue weighted by atomic mass is 16.5. The Morgan fingerprint density at radius 3 is 2.86 bits per heavy atom. The van der Waals surface area contributed by atoms with Crippen LogP contribution in [0.4, 0.5) is 5.82 Å². The molecule has 1 aliphatic rings. The number of hydrogen-bond acceptors (Lipinski definition) is 3. The number of nitrogens with two attached hydrogens (primary N) is 1. The Hall–Kier alpha value is -1.03. The maximum atomic E-state index is 5.57. The van der Waals surface area contributed by atoms with E-state index < -0.39 is 0 Å². The first-order valence-corrected chi connectivity index (χ1v) is 5.02. The molecule has 1 aromatic rings. The van der Waals surface area contributed by atoms with Crippen LogP contribution in [-0.2, 0) is 11.3 Å². The summed E-state index contributed by atoms with van der Waals surface area (Å²) in [6.45, 7) is 1.75. The van der Waals surface area contributed by atoms with Gasteiger partial charge in [-0.2, -0.15) is 5.10 Å². The van der Waals surface area contributed by atoms with E-state index in [9.17, 15) is 0 Å². The van der Waals surface area contributed by atoms with E-state index in [1.807, 2.05) is 16.9 Å². The minimum atomic E-state index is 0.313. The van der Waals surface area contributed by atoms with E-state index in [4.69, 9.17) is 10.5 Å². The Morgan fingerprint density at radius 1 is 1.64 bits per heavy atom. The molecular weight excluding hydrogens is 178 g/mol. The number of methoxy groups -OCH3 is 1. The van der Waals surface area contributed by atoms with Crippen molar-refractivity contribution in [1.29, 1.82) is 0 Å². The molecule has 14 heavy (non-hydrogen) atoms. The summed E-state index contributed by atoms with van der Waals surface area (Å²) in [7, 11) is 1.76. The van der Waals surface area contributed by atoms with Crippen molar-refractivity contribution in [1.82, 2.24) is 9.78 Å². The molecule has 4 nitrogen and oxygen atoms in total. The molecule has 1 aromatic heterocycles. The van der Waals surface area contributed by atoms with Crippen LogP contribution in [0.1, 0.15) is 19.3 Å². The minimum absolute atomic E-state index is 0.313. The Balaban J connectivity index is 2.01. The number of nitrogen functional groups attached to an aromatic ring is 1.